The van der Waals surface area contributed by atoms with Crippen molar-refractivity contribution in [1.29, 1.82) is 0 Å². The molecular weight excluding hydrogens is 282 g/mol. The zero-order chi connectivity index (χ0) is 15.8. The lowest BCUT2D eigenvalue weighted by Crippen LogP contribution is -2.29. The molecule has 1 N–H and O–H groups in total. The minimum atomic E-state index is 0.159. The van der Waals surface area contributed by atoms with Crippen LogP contribution in [0.1, 0.15) is 64.0 Å². The maximum atomic E-state index is 6.30. The van der Waals surface area contributed by atoms with Gasteiger partial charge in [0, 0.05) is 11.6 Å². The number of hydrogen-bond acceptors (Lipinski definition) is 2. The van der Waals surface area contributed by atoms with Crippen LogP contribution in [0.25, 0.3) is 0 Å². The van der Waals surface area contributed by atoms with Crippen LogP contribution in [-0.4, -0.2) is 19.2 Å². The van der Waals surface area contributed by atoms with Gasteiger partial charge in [0.1, 0.15) is 11.9 Å². The Kier molecular flexibility index (Phi) is 8.13. The van der Waals surface area contributed by atoms with Crippen LogP contribution in [0.5, 0.6) is 5.75 Å². The number of unbranched alkanes of at least 4 members (excludes halogenated alkanes) is 2. The Balaban J connectivity index is 2.55. The summed E-state index contributed by atoms with van der Waals surface area (Å²) in [6.07, 6.45) is 3.94. The van der Waals surface area contributed by atoms with E-state index in [1.807, 2.05) is 13.0 Å². The Labute approximate surface area is 135 Å². The Morgan fingerprint density at radius 1 is 1.19 bits per heavy atom. The van der Waals surface area contributed by atoms with Crippen molar-refractivity contribution < 1.29 is 4.74 Å². The van der Waals surface area contributed by atoms with Crippen LogP contribution in [0, 0.1) is 6.92 Å². The first-order chi connectivity index (χ1) is 9.95. The standard InChI is InChI=1S/C18H30ClNO/c1-6-7-8-9-20-12-15(5)21-18-11-16(13(2)3)17(19)10-14(18)4/h10-11,13,15,20H,6-9,12H2,1-5H3. The predicted molar refractivity (Wildman–Crippen MR) is 92.8 cm³/mol. The fourth-order valence-corrected chi connectivity index (χ4v) is 2.74. The van der Waals surface area contributed by atoms with Crippen molar-refractivity contribution in [2.45, 2.75) is 65.9 Å². The molecule has 2 nitrogen and oxygen atoms in total. The van der Waals surface area contributed by atoms with Crippen molar-refractivity contribution in [3.05, 3.63) is 28.3 Å². The van der Waals surface area contributed by atoms with Crippen molar-refractivity contribution in [3.8, 4) is 5.75 Å². The molecule has 0 radical (unpaired) electrons. The molecule has 0 aromatic heterocycles. The number of hydrogen-bond donors (Lipinski definition) is 1. The second kappa shape index (κ2) is 9.32. The Bertz CT molecular complexity index is 431. The van der Waals surface area contributed by atoms with Crippen LogP contribution in [0.15, 0.2) is 12.1 Å². The molecule has 0 fully saturated rings. The summed E-state index contributed by atoms with van der Waals surface area (Å²) in [4.78, 5) is 0. The van der Waals surface area contributed by atoms with Gasteiger partial charge in [-0.25, -0.2) is 0 Å². The molecule has 1 aromatic carbocycles. The zero-order valence-corrected chi connectivity index (χ0v) is 14.9. The fourth-order valence-electron chi connectivity index (χ4n) is 2.30. The van der Waals surface area contributed by atoms with Crippen molar-refractivity contribution in [3.63, 3.8) is 0 Å². The van der Waals surface area contributed by atoms with E-state index in [1.54, 1.807) is 0 Å². The highest BCUT2D eigenvalue weighted by atomic mass is 35.5. The lowest BCUT2D eigenvalue weighted by molar-refractivity contribution is 0.215. The van der Waals surface area contributed by atoms with E-state index in [4.69, 9.17) is 16.3 Å². The summed E-state index contributed by atoms with van der Waals surface area (Å²) in [7, 11) is 0. The highest BCUT2D eigenvalue weighted by Gasteiger charge is 2.12. The van der Waals surface area contributed by atoms with Gasteiger partial charge in [0.25, 0.3) is 0 Å². The summed E-state index contributed by atoms with van der Waals surface area (Å²) in [5.74, 6) is 1.36. The summed E-state index contributed by atoms with van der Waals surface area (Å²) in [5, 5.41) is 4.29. The van der Waals surface area contributed by atoms with Gasteiger partial charge in [0.2, 0.25) is 0 Å². The highest BCUT2D eigenvalue weighted by Crippen LogP contribution is 2.31. The molecule has 0 aliphatic carbocycles. The molecule has 1 unspecified atom stereocenters. The lowest BCUT2D eigenvalue weighted by atomic mass is 10.0. The number of benzene rings is 1. The number of aryl methyl sites for hydroxylation is 1. The minimum Gasteiger partial charge on any atom is -0.489 e. The minimum absolute atomic E-state index is 0.159. The fraction of sp³-hybridized carbons (Fsp3) is 0.667. The van der Waals surface area contributed by atoms with Gasteiger partial charge in [0.05, 0.1) is 0 Å². The molecule has 1 aromatic rings. The zero-order valence-electron chi connectivity index (χ0n) is 14.1. The molecule has 0 spiro atoms. The first-order valence-electron chi connectivity index (χ1n) is 8.13. The van der Waals surface area contributed by atoms with E-state index in [9.17, 15) is 0 Å². The van der Waals surface area contributed by atoms with E-state index in [2.05, 4.69) is 39.1 Å². The highest BCUT2D eigenvalue weighted by molar-refractivity contribution is 6.31. The molecular formula is C18H30ClNO. The van der Waals surface area contributed by atoms with Crippen LogP contribution < -0.4 is 10.1 Å². The summed E-state index contributed by atoms with van der Waals surface area (Å²) in [5.41, 5.74) is 2.25. The largest absolute Gasteiger partial charge is 0.489 e. The normalized spacial score (nSPS) is 12.7. The first kappa shape index (κ1) is 18.3. The summed E-state index contributed by atoms with van der Waals surface area (Å²) >= 11 is 6.30. The van der Waals surface area contributed by atoms with Gasteiger partial charge >= 0.3 is 0 Å². The molecule has 0 amide bonds. The van der Waals surface area contributed by atoms with Gasteiger partial charge in [0.15, 0.2) is 0 Å². The van der Waals surface area contributed by atoms with Crippen LogP contribution in [0.3, 0.4) is 0 Å². The Morgan fingerprint density at radius 2 is 1.90 bits per heavy atom. The van der Waals surface area contributed by atoms with Crippen molar-refractivity contribution in [1.82, 2.24) is 5.32 Å². The van der Waals surface area contributed by atoms with Crippen molar-refractivity contribution in [2.75, 3.05) is 13.1 Å². The molecule has 1 rings (SSSR count). The Hall–Kier alpha value is -0.730. The van der Waals surface area contributed by atoms with Crippen molar-refractivity contribution in [2.24, 2.45) is 0 Å². The summed E-state index contributed by atoms with van der Waals surface area (Å²) < 4.78 is 6.08. The maximum absolute atomic E-state index is 6.30. The van der Waals surface area contributed by atoms with Crippen LogP contribution in [0.4, 0.5) is 0 Å². The van der Waals surface area contributed by atoms with Gasteiger partial charge in [-0.05, 0) is 56.0 Å². The topological polar surface area (TPSA) is 21.3 Å². The smallest absolute Gasteiger partial charge is 0.123 e. The third kappa shape index (κ3) is 6.27. The second-order valence-electron chi connectivity index (χ2n) is 6.13. The van der Waals surface area contributed by atoms with E-state index in [0.29, 0.717) is 5.92 Å². The van der Waals surface area contributed by atoms with E-state index >= 15 is 0 Å². The Morgan fingerprint density at radius 3 is 2.52 bits per heavy atom. The van der Waals surface area contributed by atoms with E-state index in [1.165, 1.54) is 19.3 Å². The van der Waals surface area contributed by atoms with Crippen LogP contribution in [0.2, 0.25) is 5.02 Å². The van der Waals surface area contributed by atoms with E-state index < -0.39 is 0 Å². The molecule has 0 saturated heterocycles. The van der Waals surface area contributed by atoms with Gasteiger partial charge in [-0.2, -0.15) is 0 Å². The maximum Gasteiger partial charge on any atom is 0.123 e. The number of halogens is 1. The predicted octanol–water partition coefficient (Wildman–Crippen LogP) is 5.32. The van der Waals surface area contributed by atoms with Crippen LogP contribution >= 0.6 is 11.6 Å². The average Bonchev–Trinajstić information content (AvgIpc) is 2.41. The third-order valence-electron chi connectivity index (χ3n) is 3.63. The summed E-state index contributed by atoms with van der Waals surface area (Å²) in [6, 6.07) is 4.10. The number of rotatable bonds is 9. The van der Waals surface area contributed by atoms with Gasteiger partial charge in [-0.3, -0.25) is 0 Å². The average molecular weight is 312 g/mol. The first-order valence-corrected chi connectivity index (χ1v) is 8.50. The molecule has 3 heteroatoms. The number of nitrogens with one attached hydrogen (secondary N) is 1. The molecule has 0 saturated carbocycles. The molecule has 0 aliphatic rings. The van der Waals surface area contributed by atoms with Gasteiger partial charge in [-0.1, -0.05) is 45.2 Å². The third-order valence-corrected chi connectivity index (χ3v) is 3.96. The molecule has 0 heterocycles. The monoisotopic (exact) mass is 311 g/mol. The van der Waals surface area contributed by atoms with E-state index in [0.717, 1.165) is 35.0 Å². The quantitative estimate of drug-likeness (QED) is 0.623. The molecule has 120 valence electrons. The second-order valence-corrected chi connectivity index (χ2v) is 6.54. The summed E-state index contributed by atoms with van der Waals surface area (Å²) in [6.45, 7) is 12.6. The van der Waals surface area contributed by atoms with E-state index in [-0.39, 0.29) is 6.10 Å². The van der Waals surface area contributed by atoms with Gasteiger partial charge < -0.3 is 10.1 Å². The van der Waals surface area contributed by atoms with Crippen LogP contribution in [-0.2, 0) is 0 Å². The van der Waals surface area contributed by atoms with Gasteiger partial charge in [-0.15, -0.1) is 0 Å². The molecule has 21 heavy (non-hydrogen) atoms. The van der Waals surface area contributed by atoms with Crippen molar-refractivity contribution >= 4 is 11.6 Å². The number of ether oxygens (including phenoxy) is 1. The molecule has 0 aliphatic heterocycles. The SMILES string of the molecule is CCCCCNCC(C)Oc1cc(C(C)C)c(Cl)cc1C. The molecule has 1 atom stereocenters. The lowest BCUT2D eigenvalue weighted by Gasteiger charge is -2.19. The molecule has 0 bridgehead atoms.